The maximum Gasteiger partial charge on any atom is 0.259 e. The average Bonchev–Trinajstić information content (AvgIpc) is 3.35. The van der Waals surface area contributed by atoms with Crippen LogP contribution in [0, 0.1) is 0 Å². The maximum atomic E-state index is 6.44. The molecule has 124 valence electrons. The van der Waals surface area contributed by atoms with Crippen molar-refractivity contribution in [3.63, 3.8) is 0 Å². The van der Waals surface area contributed by atoms with Crippen molar-refractivity contribution in [2.24, 2.45) is 5.73 Å². The number of hydrogen-bond acceptors (Lipinski definition) is 6. The van der Waals surface area contributed by atoms with Gasteiger partial charge < -0.3 is 10.3 Å². The molecule has 1 saturated carbocycles. The van der Waals surface area contributed by atoms with Gasteiger partial charge in [-0.05, 0) is 36.4 Å². The Bertz CT molecular complexity index is 807. The molecule has 0 spiro atoms. The quantitative estimate of drug-likeness (QED) is 0.663. The largest absolute Gasteiger partial charge is 0.334 e. The van der Waals surface area contributed by atoms with E-state index in [0.717, 1.165) is 41.9 Å². The predicted octanol–water partition coefficient (Wildman–Crippen LogP) is 4.82. The molecule has 2 N–H and O–H groups in total. The molecule has 3 aromatic rings. The molecule has 0 amide bonds. The van der Waals surface area contributed by atoms with Crippen molar-refractivity contribution >= 4 is 23.1 Å². The molecule has 1 fully saturated rings. The Labute approximate surface area is 149 Å². The highest BCUT2D eigenvalue weighted by Crippen LogP contribution is 2.37. The first kappa shape index (κ1) is 15.9. The molecule has 0 bridgehead atoms. The van der Waals surface area contributed by atoms with Gasteiger partial charge in [0.2, 0.25) is 0 Å². The second-order valence-corrected chi connectivity index (χ2v) is 8.20. The minimum Gasteiger partial charge on any atom is -0.334 e. The monoisotopic (exact) mass is 357 g/mol. The highest BCUT2D eigenvalue weighted by atomic mass is 32.2. The number of nitrogens with two attached hydrogens (primary N) is 1. The normalized spacial score (nSPS) is 16.5. The van der Waals surface area contributed by atoms with Crippen LogP contribution in [0.4, 0.5) is 0 Å². The van der Waals surface area contributed by atoms with E-state index in [2.05, 4.69) is 33.7 Å². The summed E-state index contributed by atoms with van der Waals surface area (Å²) in [6.07, 6.45) is 4.13. The van der Waals surface area contributed by atoms with Crippen LogP contribution in [-0.2, 0) is 11.3 Å². The van der Waals surface area contributed by atoms with Crippen molar-refractivity contribution < 1.29 is 4.52 Å². The fourth-order valence-electron chi connectivity index (χ4n) is 3.08. The SMILES string of the molecule is NC1(c2noc(-c3ccccc3SCc3cccs3)n2)CCCC1. The van der Waals surface area contributed by atoms with Crippen LogP contribution in [0.5, 0.6) is 0 Å². The summed E-state index contributed by atoms with van der Waals surface area (Å²) in [7, 11) is 0. The zero-order valence-electron chi connectivity index (χ0n) is 13.3. The van der Waals surface area contributed by atoms with E-state index in [4.69, 9.17) is 10.3 Å². The highest BCUT2D eigenvalue weighted by molar-refractivity contribution is 7.98. The molecule has 6 heteroatoms. The van der Waals surface area contributed by atoms with E-state index in [9.17, 15) is 0 Å². The van der Waals surface area contributed by atoms with Crippen LogP contribution in [0.3, 0.4) is 0 Å². The molecule has 1 aliphatic carbocycles. The fourth-order valence-corrected chi connectivity index (χ4v) is 4.90. The van der Waals surface area contributed by atoms with Gasteiger partial charge in [-0.1, -0.05) is 36.2 Å². The summed E-state index contributed by atoms with van der Waals surface area (Å²) in [5, 5.41) is 6.28. The lowest BCUT2D eigenvalue weighted by molar-refractivity contribution is 0.372. The zero-order chi connectivity index (χ0) is 16.4. The molecule has 0 saturated heterocycles. The van der Waals surface area contributed by atoms with Gasteiger partial charge in [-0.2, -0.15) is 4.98 Å². The predicted molar refractivity (Wildman–Crippen MR) is 97.9 cm³/mol. The number of hydrogen-bond donors (Lipinski definition) is 1. The fraction of sp³-hybridized carbons (Fsp3) is 0.333. The summed E-state index contributed by atoms with van der Waals surface area (Å²) in [6.45, 7) is 0. The molecule has 1 aliphatic rings. The Morgan fingerprint density at radius 2 is 2.00 bits per heavy atom. The van der Waals surface area contributed by atoms with Crippen LogP contribution in [0.2, 0.25) is 0 Å². The lowest BCUT2D eigenvalue weighted by atomic mass is 9.99. The van der Waals surface area contributed by atoms with E-state index in [1.165, 1.54) is 4.88 Å². The summed E-state index contributed by atoms with van der Waals surface area (Å²) < 4.78 is 5.55. The lowest BCUT2D eigenvalue weighted by Crippen LogP contribution is -2.34. The van der Waals surface area contributed by atoms with Crippen LogP contribution < -0.4 is 5.73 Å². The van der Waals surface area contributed by atoms with Crippen LogP contribution in [0.15, 0.2) is 51.2 Å². The van der Waals surface area contributed by atoms with Crippen molar-refractivity contribution in [3.8, 4) is 11.5 Å². The molecule has 1 aromatic carbocycles. The van der Waals surface area contributed by atoms with Crippen molar-refractivity contribution in [2.75, 3.05) is 0 Å². The molecular formula is C18H19N3OS2. The van der Waals surface area contributed by atoms with Crippen LogP contribution in [0.25, 0.3) is 11.5 Å². The third-order valence-electron chi connectivity index (χ3n) is 4.43. The molecule has 2 heterocycles. The Hall–Kier alpha value is -1.63. The zero-order valence-corrected chi connectivity index (χ0v) is 14.9. The molecule has 4 rings (SSSR count). The first-order chi connectivity index (χ1) is 11.7. The van der Waals surface area contributed by atoms with Crippen molar-refractivity contribution in [2.45, 2.75) is 41.9 Å². The second kappa shape index (κ2) is 6.70. The van der Waals surface area contributed by atoms with Gasteiger partial charge in [0, 0.05) is 15.5 Å². The molecular weight excluding hydrogens is 338 g/mol. The van der Waals surface area contributed by atoms with Crippen molar-refractivity contribution in [1.29, 1.82) is 0 Å². The summed E-state index contributed by atoms with van der Waals surface area (Å²) in [4.78, 5) is 7.13. The number of thioether (sulfide) groups is 1. The van der Waals surface area contributed by atoms with Gasteiger partial charge in [-0.25, -0.2) is 0 Å². The molecule has 0 atom stereocenters. The van der Waals surface area contributed by atoms with Gasteiger partial charge in [-0.15, -0.1) is 23.1 Å². The number of nitrogens with zero attached hydrogens (tertiary/aromatic N) is 2. The summed E-state index contributed by atoms with van der Waals surface area (Å²) in [5.74, 6) is 2.15. The smallest absolute Gasteiger partial charge is 0.259 e. The van der Waals surface area contributed by atoms with E-state index in [0.29, 0.717) is 11.7 Å². The van der Waals surface area contributed by atoms with Gasteiger partial charge in [0.15, 0.2) is 5.82 Å². The van der Waals surface area contributed by atoms with Crippen LogP contribution in [-0.4, -0.2) is 10.1 Å². The van der Waals surface area contributed by atoms with Crippen molar-refractivity contribution in [1.82, 2.24) is 10.1 Å². The molecule has 24 heavy (non-hydrogen) atoms. The van der Waals surface area contributed by atoms with E-state index in [-0.39, 0.29) is 0 Å². The third-order valence-corrected chi connectivity index (χ3v) is 6.62. The first-order valence-corrected chi connectivity index (χ1v) is 9.99. The molecule has 4 nitrogen and oxygen atoms in total. The lowest BCUT2D eigenvalue weighted by Gasteiger charge is -2.17. The average molecular weight is 358 g/mol. The van der Waals surface area contributed by atoms with Gasteiger partial charge in [-0.3, -0.25) is 0 Å². The Balaban J connectivity index is 1.59. The minimum atomic E-state index is -0.416. The topological polar surface area (TPSA) is 64.9 Å². The molecule has 0 unspecified atom stereocenters. The Morgan fingerprint density at radius 3 is 2.79 bits per heavy atom. The Morgan fingerprint density at radius 1 is 1.17 bits per heavy atom. The van der Waals surface area contributed by atoms with Crippen LogP contribution >= 0.6 is 23.1 Å². The third kappa shape index (κ3) is 3.14. The maximum absolute atomic E-state index is 6.44. The molecule has 2 aromatic heterocycles. The summed E-state index contributed by atoms with van der Waals surface area (Å²) >= 11 is 3.57. The number of thiophene rings is 1. The van der Waals surface area contributed by atoms with E-state index >= 15 is 0 Å². The summed E-state index contributed by atoms with van der Waals surface area (Å²) in [6, 6.07) is 12.4. The Kier molecular flexibility index (Phi) is 4.43. The minimum absolute atomic E-state index is 0.416. The van der Waals surface area contributed by atoms with Crippen molar-refractivity contribution in [3.05, 3.63) is 52.5 Å². The molecule has 0 radical (unpaired) electrons. The number of benzene rings is 1. The molecule has 0 aliphatic heterocycles. The standard InChI is InChI=1S/C18H19N3OS2/c19-18(9-3-4-10-18)17-20-16(22-21-17)14-7-1-2-8-15(14)24-12-13-6-5-11-23-13/h1-2,5-8,11H,3-4,9-10,12,19H2. The van der Waals surface area contributed by atoms with E-state index in [1.54, 1.807) is 23.1 Å². The highest BCUT2D eigenvalue weighted by Gasteiger charge is 2.36. The second-order valence-electron chi connectivity index (χ2n) is 6.15. The van der Waals surface area contributed by atoms with E-state index < -0.39 is 5.54 Å². The van der Waals surface area contributed by atoms with Gasteiger partial charge in [0.1, 0.15) is 0 Å². The van der Waals surface area contributed by atoms with Gasteiger partial charge in [0.05, 0.1) is 11.1 Å². The number of aromatic nitrogens is 2. The van der Waals surface area contributed by atoms with Gasteiger partial charge in [0.25, 0.3) is 5.89 Å². The van der Waals surface area contributed by atoms with Gasteiger partial charge >= 0.3 is 0 Å². The summed E-state index contributed by atoms with van der Waals surface area (Å²) in [5.41, 5.74) is 7.01. The number of rotatable bonds is 5. The first-order valence-electron chi connectivity index (χ1n) is 8.12. The van der Waals surface area contributed by atoms with Crippen LogP contribution in [0.1, 0.15) is 36.4 Å². The van der Waals surface area contributed by atoms with E-state index in [1.807, 2.05) is 18.2 Å².